The van der Waals surface area contributed by atoms with E-state index in [1.807, 2.05) is 0 Å². The van der Waals surface area contributed by atoms with E-state index in [1.165, 1.54) is 41.7 Å². The first-order valence-electron chi connectivity index (χ1n) is 6.49. The zero-order valence-electron chi connectivity index (χ0n) is 11.8. The van der Waals surface area contributed by atoms with E-state index < -0.39 is 21.8 Å². The fraction of sp³-hybridized carbons (Fsp3) is 0.357. The van der Waals surface area contributed by atoms with Gasteiger partial charge in [0.15, 0.2) is 0 Å². The van der Waals surface area contributed by atoms with Gasteiger partial charge in [-0.3, -0.25) is 0 Å². The Hall–Kier alpha value is -1.70. The lowest BCUT2D eigenvalue weighted by atomic mass is 10.2. The Morgan fingerprint density at radius 1 is 1.29 bits per heavy atom. The number of benzene rings is 1. The molecule has 0 aliphatic heterocycles. The molecule has 0 saturated carbocycles. The molecular formula is C14H17NO5S. The minimum Gasteiger partial charge on any atom is -0.423 e. The highest BCUT2D eigenvalue weighted by Gasteiger charge is 2.21. The predicted octanol–water partition coefficient (Wildman–Crippen LogP) is 1.18. The lowest BCUT2D eigenvalue weighted by Crippen LogP contribution is -2.29. The van der Waals surface area contributed by atoms with Crippen molar-refractivity contribution >= 4 is 21.0 Å². The fourth-order valence-corrected chi connectivity index (χ4v) is 3.10. The minimum absolute atomic E-state index is 0.122. The van der Waals surface area contributed by atoms with Crippen molar-refractivity contribution in [2.45, 2.75) is 24.3 Å². The van der Waals surface area contributed by atoms with E-state index >= 15 is 0 Å². The number of nitrogens with zero attached hydrogens (tertiary/aromatic N) is 1. The van der Waals surface area contributed by atoms with Crippen LogP contribution >= 0.6 is 0 Å². The van der Waals surface area contributed by atoms with Crippen LogP contribution in [0.5, 0.6) is 0 Å². The van der Waals surface area contributed by atoms with Gasteiger partial charge in [-0.1, -0.05) is 0 Å². The first-order chi connectivity index (χ1) is 9.80. The summed E-state index contributed by atoms with van der Waals surface area (Å²) in [6.45, 7) is 1.83. The summed E-state index contributed by atoms with van der Waals surface area (Å²) in [5, 5.41) is 9.78. The van der Waals surface area contributed by atoms with E-state index in [2.05, 4.69) is 0 Å². The van der Waals surface area contributed by atoms with Gasteiger partial charge in [0.25, 0.3) is 0 Å². The average Bonchev–Trinajstić information content (AvgIpc) is 2.43. The van der Waals surface area contributed by atoms with E-state index in [1.54, 1.807) is 6.92 Å². The smallest absolute Gasteiger partial charge is 0.336 e. The van der Waals surface area contributed by atoms with Gasteiger partial charge in [0.2, 0.25) is 10.0 Å². The Morgan fingerprint density at radius 3 is 2.67 bits per heavy atom. The molecule has 1 aromatic heterocycles. The number of rotatable bonds is 5. The second kappa shape index (κ2) is 5.97. The molecular weight excluding hydrogens is 294 g/mol. The van der Waals surface area contributed by atoms with Crippen LogP contribution in [0.15, 0.2) is 44.4 Å². The Kier molecular flexibility index (Phi) is 4.46. The molecule has 21 heavy (non-hydrogen) atoms. The summed E-state index contributed by atoms with van der Waals surface area (Å²) in [5.41, 5.74) is -0.139. The Bertz CT molecular complexity index is 794. The van der Waals surface area contributed by atoms with Crippen molar-refractivity contribution in [2.75, 3.05) is 13.6 Å². The van der Waals surface area contributed by atoms with Crippen molar-refractivity contribution in [3.05, 3.63) is 40.8 Å². The highest BCUT2D eigenvalue weighted by molar-refractivity contribution is 7.89. The lowest BCUT2D eigenvalue weighted by molar-refractivity contribution is 0.177. The summed E-state index contributed by atoms with van der Waals surface area (Å²) < 4.78 is 31.0. The highest BCUT2D eigenvalue weighted by atomic mass is 32.2. The van der Waals surface area contributed by atoms with Crippen LogP contribution in [-0.2, 0) is 10.0 Å². The van der Waals surface area contributed by atoms with Crippen molar-refractivity contribution in [1.29, 1.82) is 0 Å². The molecule has 0 fully saturated rings. The molecule has 0 radical (unpaired) electrons. The molecule has 0 aliphatic carbocycles. The van der Waals surface area contributed by atoms with Crippen molar-refractivity contribution in [3.8, 4) is 0 Å². The largest absolute Gasteiger partial charge is 0.423 e. The maximum Gasteiger partial charge on any atom is 0.336 e. The zero-order chi connectivity index (χ0) is 15.6. The molecule has 6 nitrogen and oxygen atoms in total. The second-order valence-corrected chi connectivity index (χ2v) is 6.96. The van der Waals surface area contributed by atoms with E-state index in [4.69, 9.17) is 4.42 Å². The Balaban J connectivity index is 2.35. The molecule has 114 valence electrons. The first kappa shape index (κ1) is 15.7. The van der Waals surface area contributed by atoms with Crippen molar-refractivity contribution in [2.24, 2.45) is 0 Å². The van der Waals surface area contributed by atoms with Crippen LogP contribution in [0.4, 0.5) is 0 Å². The first-order valence-corrected chi connectivity index (χ1v) is 7.93. The van der Waals surface area contributed by atoms with Gasteiger partial charge in [0.05, 0.1) is 11.0 Å². The lowest BCUT2D eigenvalue weighted by Gasteiger charge is -2.18. The second-order valence-electron chi connectivity index (χ2n) is 4.92. The van der Waals surface area contributed by atoms with Gasteiger partial charge in [-0.25, -0.2) is 17.5 Å². The highest BCUT2D eigenvalue weighted by Crippen LogP contribution is 2.20. The van der Waals surface area contributed by atoms with Crippen LogP contribution in [0, 0.1) is 0 Å². The van der Waals surface area contributed by atoms with Crippen LogP contribution in [0.1, 0.15) is 13.3 Å². The van der Waals surface area contributed by atoms with Crippen molar-refractivity contribution in [1.82, 2.24) is 4.31 Å². The third-order valence-electron chi connectivity index (χ3n) is 3.16. The maximum atomic E-state index is 12.4. The zero-order valence-corrected chi connectivity index (χ0v) is 12.6. The third-order valence-corrected chi connectivity index (χ3v) is 5.01. The van der Waals surface area contributed by atoms with Gasteiger partial charge in [-0.05, 0) is 37.6 Å². The molecule has 0 aliphatic rings. The SMILES string of the molecule is CC(O)CCN(C)S(=O)(=O)c1ccc2oc(=O)ccc2c1. The molecule has 0 saturated heterocycles. The van der Waals surface area contributed by atoms with Crippen LogP contribution < -0.4 is 5.63 Å². The number of sulfonamides is 1. The molecule has 7 heteroatoms. The topological polar surface area (TPSA) is 87.8 Å². The number of aliphatic hydroxyl groups is 1. The van der Waals surface area contributed by atoms with Crippen LogP contribution in [0.3, 0.4) is 0 Å². The summed E-state index contributed by atoms with van der Waals surface area (Å²) in [4.78, 5) is 11.2. The van der Waals surface area contributed by atoms with Gasteiger partial charge in [0.1, 0.15) is 5.58 Å². The van der Waals surface area contributed by atoms with Gasteiger partial charge < -0.3 is 9.52 Å². The monoisotopic (exact) mass is 311 g/mol. The number of hydrogen-bond acceptors (Lipinski definition) is 5. The van der Waals surface area contributed by atoms with Gasteiger partial charge in [-0.2, -0.15) is 0 Å². The molecule has 0 bridgehead atoms. The van der Waals surface area contributed by atoms with E-state index in [0.717, 1.165) is 0 Å². The molecule has 0 amide bonds. The molecule has 1 unspecified atom stereocenters. The summed E-state index contributed by atoms with van der Waals surface area (Å²) >= 11 is 0. The third kappa shape index (κ3) is 3.49. The standard InChI is InChI=1S/C14H17NO5S/c1-10(16)7-8-15(2)21(18,19)12-4-5-13-11(9-12)3-6-14(17)20-13/h3-6,9-10,16H,7-8H2,1-2H3. The molecule has 1 heterocycles. The quantitative estimate of drug-likeness (QED) is 0.838. The normalized spacial score (nSPS) is 13.7. The fourth-order valence-electron chi connectivity index (χ4n) is 1.88. The molecule has 1 aromatic carbocycles. The molecule has 2 rings (SSSR count). The van der Waals surface area contributed by atoms with E-state index in [-0.39, 0.29) is 11.4 Å². The van der Waals surface area contributed by atoms with Crippen molar-refractivity contribution < 1.29 is 17.9 Å². The molecule has 1 atom stereocenters. The summed E-state index contributed by atoms with van der Waals surface area (Å²) in [7, 11) is -2.17. The number of hydrogen-bond donors (Lipinski definition) is 1. The Morgan fingerprint density at radius 2 is 2.00 bits per heavy atom. The average molecular weight is 311 g/mol. The van der Waals surface area contributed by atoms with Crippen LogP contribution in [0.2, 0.25) is 0 Å². The number of fused-ring (bicyclic) bond motifs is 1. The van der Waals surface area contributed by atoms with Gasteiger partial charge in [0, 0.05) is 25.0 Å². The van der Waals surface area contributed by atoms with E-state index in [9.17, 15) is 18.3 Å². The van der Waals surface area contributed by atoms with E-state index in [0.29, 0.717) is 17.4 Å². The summed E-state index contributed by atoms with van der Waals surface area (Å²) in [6.07, 6.45) is -0.202. The summed E-state index contributed by atoms with van der Waals surface area (Å²) in [6, 6.07) is 7.10. The molecule has 2 aromatic rings. The predicted molar refractivity (Wildman–Crippen MR) is 78.6 cm³/mol. The van der Waals surface area contributed by atoms with Crippen LogP contribution in [-0.4, -0.2) is 37.5 Å². The molecule has 0 spiro atoms. The van der Waals surface area contributed by atoms with Crippen molar-refractivity contribution in [3.63, 3.8) is 0 Å². The number of aliphatic hydroxyl groups excluding tert-OH is 1. The molecule has 1 N–H and O–H groups in total. The van der Waals surface area contributed by atoms with Gasteiger partial charge in [-0.15, -0.1) is 0 Å². The van der Waals surface area contributed by atoms with Gasteiger partial charge >= 0.3 is 5.63 Å². The Labute approximate surface area is 122 Å². The minimum atomic E-state index is -3.63. The summed E-state index contributed by atoms with van der Waals surface area (Å²) in [5.74, 6) is 0. The van der Waals surface area contributed by atoms with Crippen LogP contribution in [0.25, 0.3) is 11.0 Å². The maximum absolute atomic E-state index is 12.4.